The molecule has 5 nitrogen and oxygen atoms in total. The molecule has 0 saturated carbocycles. The molecule has 1 aromatic heterocycles. The number of carbonyl (C=O) groups excluding carboxylic acids is 1. The topological polar surface area (TPSA) is 66.9 Å². The van der Waals surface area contributed by atoms with E-state index >= 15 is 0 Å². The molecule has 1 aliphatic rings. The number of aromatic nitrogens is 2. The predicted octanol–water partition coefficient (Wildman–Crippen LogP) is 0.139. The van der Waals surface area contributed by atoms with Gasteiger partial charge in [-0.25, -0.2) is 0 Å². The number of nitrogens with one attached hydrogen (secondary N) is 2. The van der Waals surface area contributed by atoms with Crippen LogP contribution in [0.4, 0.5) is 5.13 Å². The van der Waals surface area contributed by atoms with Gasteiger partial charge in [0.25, 0.3) is 0 Å². The highest BCUT2D eigenvalue weighted by atomic mass is 32.2. The van der Waals surface area contributed by atoms with Gasteiger partial charge in [-0.15, -0.1) is 22.0 Å². The number of nitrogens with zero attached hydrogens (tertiary/aromatic N) is 2. The number of amides is 1. The fourth-order valence-electron chi connectivity index (χ4n) is 0.984. The van der Waals surface area contributed by atoms with Gasteiger partial charge in [-0.05, 0) is 0 Å². The number of thioether (sulfide) groups is 1. The van der Waals surface area contributed by atoms with Gasteiger partial charge in [-0.1, -0.05) is 11.3 Å². The number of rotatable bonds is 2. The molecular formula is C6H8N4OS2. The summed E-state index contributed by atoms with van der Waals surface area (Å²) in [7, 11) is 0. The molecule has 1 aromatic rings. The van der Waals surface area contributed by atoms with Crippen LogP contribution in [0.1, 0.15) is 0 Å². The smallest absolute Gasteiger partial charge is 0.244 e. The minimum atomic E-state index is -0.0890. The first kappa shape index (κ1) is 8.92. The van der Waals surface area contributed by atoms with Gasteiger partial charge in [0.15, 0.2) is 0 Å². The van der Waals surface area contributed by atoms with E-state index in [9.17, 15) is 4.79 Å². The van der Waals surface area contributed by atoms with Crippen LogP contribution in [0.2, 0.25) is 0 Å². The van der Waals surface area contributed by atoms with Crippen molar-refractivity contribution in [2.75, 3.05) is 16.9 Å². The van der Waals surface area contributed by atoms with Crippen LogP contribution in [0.25, 0.3) is 0 Å². The molecule has 0 radical (unpaired) electrons. The molecule has 1 atom stereocenters. The fourth-order valence-corrected chi connectivity index (χ4v) is 2.37. The Hall–Kier alpha value is -0.660. The molecule has 1 amide bonds. The Kier molecular flexibility index (Phi) is 2.77. The van der Waals surface area contributed by atoms with Crippen molar-refractivity contribution in [3.05, 3.63) is 5.51 Å². The summed E-state index contributed by atoms with van der Waals surface area (Å²) in [6.45, 7) is 0. The third-order valence-corrected chi connectivity index (χ3v) is 3.17. The number of anilines is 1. The summed E-state index contributed by atoms with van der Waals surface area (Å²) < 4.78 is 0. The fraction of sp³-hybridized carbons (Fsp3) is 0.500. The van der Waals surface area contributed by atoms with E-state index in [2.05, 4.69) is 20.8 Å². The van der Waals surface area contributed by atoms with Gasteiger partial charge < -0.3 is 0 Å². The highest BCUT2D eigenvalue weighted by Crippen LogP contribution is 2.13. The third kappa shape index (κ3) is 2.17. The van der Waals surface area contributed by atoms with E-state index in [1.54, 1.807) is 17.3 Å². The number of hydrogen-bond acceptors (Lipinski definition) is 6. The summed E-state index contributed by atoms with van der Waals surface area (Å²) in [4.78, 5) is 11.5. The standard InChI is InChI=1S/C6H8N4OS2/c11-5(4-1-12-2-7-4)9-6-10-8-3-13-6/h3-4,7H,1-2H2,(H,9,10,11). The zero-order valence-corrected chi connectivity index (χ0v) is 8.32. The Morgan fingerprint density at radius 2 is 2.69 bits per heavy atom. The largest absolute Gasteiger partial charge is 0.299 e. The van der Waals surface area contributed by atoms with E-state index < -0.39 is 0 Å². The number of hydrogen-bond donors (Lipinski definition) is 2. The molecule has 13 heavy (non-hydrogen) atoms. The lowest BCUT2D eigenvalue weighted by Gasteiger charge is -2.06. The van der Waals surface area contributed by atoms with Crippen LogP contribution in [0, 0.1) is 0 Å². The lowest BCUT2D eigenvalue weighted by atomic mass is 10.3. The molecule has 1 saturated heterocycles. The van der Waals surface area contributed by atoms with Gasteiger partial charge in [0, 0.05) is 11.6 Å². The van der Waals surface area contributed by atoms with E-state index in [1.165, 1.54) is 11.3 Å². The second-order valence-corrected chi connectivity index (χ2v) is 4.37. The van der Waals surface area contributed by atoms with Crippen LogP contribution < -0.4 is 10.6 Å². The van der Waals surface area contributed by atoms with Gasteiger partial charge in [0.1, 0.15) is 5.51 Å². The molecule has 0 spiro atoms. The molecule has 2 heterocycles. The van der Waals surface area contributed by atoms with Crippen LogP contribution in [0.5, 0.6) is 0 Å². The normalized spacial score (nSPS) is 21.7. The zero-order valence-electron chi connectivity index (χ0n) is 6.69. The van der Waals surface area contributed by atoms with Gasteiger partial charge in [0.2, 0.25) is 11.0 Å². The summed E-state index contributed by atoms with van der Waals surface area (Å²) in [6, 6.07) is -0.0890. The first-order chi connectivity index (χ1) is 6.36. The zero-order chi connectivity index (χ0) is 9.10. The van der Waals surface area contributed by atoms with E-state index in [1.807, 2.05) is 0 Å². The first-order valence-electron chi connectivity index (χ1n) is 3.74. The Morgan fingerprint density at radius 3 is 3.31 bits per heavy atom. The van der Waals surface area contributed by atoms with Crippen molar-refractivity contribution in [3.63, 3.8) is 0 Å². The highest BCUT2D eigenvalue weighted by Gasteiger charge is 2.22. The monoisotopic (exact) mass is 216 g/mol. The Balaban J connectivity index is 1.91. The van der Waals surface area contributed by atoms with Crippen molar-refractivity contribution in [2.45, 2.75) is 6.04 Å². The van der Waals surface area contributed by atoms with Crippen LogP contribution in [-0.2, 0) is 4.79 Å². The molecule has 2 N–H and O–H groups in total. The molecular weight excluding hydrogens is 208 g/mol. The summed E-state index contributed by atoms with van der Waals surface area (Å²) in [5, 5.41) is 13.7. The lowest BCUT2D eigenvalue weighted by molar-refractivity contribution is -0.117. The van der Waals surface area contributed by atoms with Crippen LogP contribution >= 0.6 is 23.1 Å². The van der Waals surface area contributed by atoms with Gasteiger partial charge in [-0.2, -0.15) is 0 Å². The quantitative estimate of drug-likeness (QED) is 0.736. The first-order valence-corrected chi connectivity index (χ1v) is 5.78. The summed E-state index contributed by atoms with van der Waals surface area (Å²) in [5.41, 5.74) is 1.59. The molecule has 1 aliphatic heterocycles. The van der Waals surface area contributed by atoms with Crippen molar-refractivity contribution in [1.29, 1.82) is 0 Å². The molecule has 0 aliphatic carbocycles. The minimum Gasteiger partial charge on any atom is -0.299 e. The van der Waals surface area contributed by atoms with E-state index in [-0.39, 0.29) is 11.9 Å². The minimum absolute atomic E-state index is 0.0262. The Bertz CT molecular complexity index is 283. The summed E-state index contributed by atoms with van der Waals surface area (Å²) in [6.07, 6.45) is 0. The average Bonchev–Trinajstić information content (AvgIpc) is 2.74. The molecule has 0 aromatic carbocycles. The van der Waals surface area contributed by atoms with Crippen molar-refractivity contribution < 1.29 is 4.79 Å². The van der Waals surface area contributed by atoms with Crippen molar-refractivity contribution in [2.24, 2.45) is 0 Å². The summed E-state index contributed by atoms with van der Waals surface area (Å²) in [5.74, 6) is 1.64. The van der Waals surface area contributed by atoms with Gasteiger partial charge in [-0.3, -0.25) is 15.4 Å². The van der Waals surface area contributed by atoms with Gasteiger partial charge >= 0.3 is 0 Å². The Morgan fingerprint density at radius 1 is 1.77 bits per heavy atom. The van der Waals surface area contributed by atoms with E-state index in [4.69, 9.17) is 0 Å². The molecule has 1 unspecified atom stereocenters. The predicted molar refractivity (Wildman–Crippen MR) is 52.8 cm³/mol. The van der Waals surface area contributed by atoms with Crippen LogP contribution in [0.15, 0.2) is 5.51 Å². The summed E-state index contributed by atoms with van der Waals surface area (Å²) >= 11 is 3.04. The van der Waals surface area contributed by atoms with Crippen molar-refractivity contribution in [3.8, 4) is 0 Å². The van der Waals surface area contributed by atoms with E-state index in [0.717, 1.165) is 11.6 Å². The Labute approximate surface area is 83.3 Å². The SMILES string of the molecule is O=C(Nc1nncs1)C1CSCN1. The molecule has 7 heteroatoms. The molecule has 1 fully saturated rings. The van der Waals surface area contributed by atoms with Gasteiger partial charge in [0.05, 0.1) is 6.04 Å². The van der Waals surface area contributed by atoms with Crippen molar-refractivity contribution >= 4 is 34.1 Å². The second kappa shape index (κ2) is 4.03. The number of carbonyl (C=O) groups is 1. The van der Waals surface area contributed by atoms with Crippen LogP contribution in [-0.4, -0.2) is 33.8 Å². The maximum atomic E-state index is 11.5. The molecule has 0 bridgehead atoms. The molecule has 2 rings (SSSR count). The average molecular weight is 216 g/mol. The highest BCUT2D eigenvalue weighted by molar-refractivity contribution is 7.99. The van der Waals surface area contributed by atoms with Crippen molar-refractivity contribution in [1.82, 2.24) is 15.5 Å². The lowest BCUT2D eigenvalue weighted by Crippen LogP contribution is -2.37. The maximum absolute atomic E-state index is 11.5. The van der Waals surface area contributed by atoms with Crippen LogP contribution in [0.3, 0.4) is 0 Å². The third-order valence-electron chi connectivity index (χ3n) is 1.62. The second-order valence-electron chi connectivity index (χ2n) is 2.50. The maximum Gasteiger partial charge on any atom is 0.244 e. The molecule has 70 valence electrons. The van der Waals surface area contributed by atoms with E-state index in [0.29, 0.717) is 5.13 Å².